The van der Waals surface area contributed by atoms with Gasteiger partial charge in [-0.1, -0.05) is 30.3 Å². The number of rotatable bonds is 5. The molecule has 0 atom stereocenters. The summed E-state index contributed by atoms with van der Waals surface area (Å²) in [5.74, 6) is 0. The van der Waals surface area contributed by atoms with Crippen molar-refractivity contribution in [2.75, 3.05) is 26.3 Å². The Kier molecular flexibility index (Phi) is 4.98. The van der Waals surface area contributed by atoms with E-state index in [1.807, 2.05) is 0 Å². The molecule has 0 saturated carbocycles. The molecule has 1 aliphatic rings. The van der Waals surface area contributed by atoms with Crippen LogP contribution in [0.5, 0.6) is 0 Å². The molecule has 1 fully saturated rings. The van der Waals surface area contributed by atoms with E-state index in [1.54, 1.807) is 0 Å². The standard InChI is InChI=1S/C14H22N2O/c15-8-9-16(14-6-10-17-11-7-14)12-13-4-2-1-3-5-13/h1-5,14H,6-12,15H2. The summed E-state index contributed by atoms with van der Waals surface area (Å²) in [6.07, 6.45) is 2.26. The fraction of sp³-hybridized carbons (Fsp3) is 0.571. The molecule has 0 spiro atoms. The fourth-order valence-electron chi connectivity index (χ4n) is 2.42. The molecule has 2 rings (SSSR count). The summed E-state index contributed by atoms with van der Waals surface area (Å²) in [5.41, 5.74) is 7.08. The molecular formula is C14H22N2O. The van der Waals surface area contributed by atoms with Crippen molar-refractivity contribution in [1.82, 2.24) is 4.90 Å². The van der Waals surface area contributed by atoms with Crippen molar-refractivity contribution < 1.29 is 4.74 Å². The topological polar surface area (TPSA) is 38.5 Å². The quantitative estimate of drug-likeness (QED) is 0.841. The van der Waals surface area contributed by atoms with E-state index in [0.29, 0.717) is 6.04 Å². The lowest BCUT2D eigenvalue weighted by Gasteiger charge is -2.34. The van der Waals surface area contributed by atoms with Crippen molar-refractivity contribution in [1.29, 1.82) is 0 Å². The highest BCUT2D eigenvalue weighted by Crippen LogP contribution is 2.16. The number of hydrogen-bond donors (Lipinski definition) is 1. The maximum atomic E-state index is 5.72. The van der Waals surface area contributed by atoms with Crippen molar-refractivity contribution in [2.45, 2.75) is 25.4 Å². The third kappa shape index (κ3) is 3.80. The van der Waals surface area contributed by atoms with E-state index >= 15 is 0 Å². The highest BCUT2D eigenvalue weighted by Gasteiger charge is 2.20. The molecule has 0 aromatic heterocycles. The normalized spacial score (nSPS) is 17.5. The molecule has 3 heteroatoms. The molecule has 0 amide bonds. The SMILES string of the molecule is NCCN(Cc1ccccc1)C1CCOCC1. The summed E-state index contributed by atoms with van der Waals surface area (Å²) in [6.45, 7) is 4.48. The highest BCUT2D eigenvalue weighted by molar-refractivity contribution is 5.14. The van der Waals surface area contributed by atoms with Crippen molar-refractivity contribution in [3.63, 3.8) is 0 Å². The van der Waals surface area contributed by atoms with E-state index in [4.69, 9.17) is 10.5 Å². The Labute approximate surface area is 104 Å². The Morgan fingerprint density at radius 3 is 2.53 bits per heavy atom. The summed E-state index contributed by atoms with van der Waals surface area (Å²) in [5, 5.41) is 0. The van der Waals surface area contributed by atoms with Crippen molar-refractivity contribution in [3.8, 4) is 0 Å². The van der Waals surface area contributed by atoms with Crippen LogP contribution in [0.3, 0.4) is 0 Å². The van der Waals surface area contributed by atoms with Crippen LogP contribution in [-0.4, -0.2) is 37.2 Å². The second-order valence-electron chi connectivity index (χ2n) is 4.59. The number of nitrogens with zero attached hydrogens (tertiary/aromatic N) is 1. The zero-order valence-corrected chi connectivity index (χ0v) is 10.3. The second kappa shape index (κ2) is 6.74. The van der Waals surface area contributed by atoms with Crippen molar-refractivity contribution in [3.05, 3.63) is 35.9 Å². The monoisotopic (exact) mass is 234 g/mol. The number of benzene rings is 1. The van der Waals surface area contributed by atoms with Crippen LogP contribution in [0.2, 0.25) is 0 Å². The van der Waals surface area contributed by atoms with Gasteiger partial charge in [0.25, 0.3) is 0 Å². The molecule has 1 heterocycles. The summed E-state index contributed by atoms with van der Waals surface area (Å²) >= 11 is 0. The number of ether oxygens (including phenoxy) is 1. The maximum Gasteiger partial charge on any atom is 0.0480 e. The van der Waals surface area contributed by atoms with Gasteiger partial charge in [0.2, 0.25) is 0 Å². The van der Waals surface area contributed by atoms with E-state index in [0.717, 1.165) is 45.7 Å². The van der Waals surface area contributed by atoms with Gasteiger partial charge in [0, 0.05) is 38.9 Å². The molecule has 17 heavy (non-hydrogen) atoms. The van der Waals surface area contributed by atoms with Crippen molar-refractivity contribution >= 4 is 0 Å². The van der Waals surface area contributed by atoms with Crippen LogP contribution in [0.1, 0.15) is 18.4 Å². The molecule has 1 saturated heterocycles. The lowest BCUT2D eigenvalue weighted by Crippen LogP contribution is -2.41. The zero-order valence-electron chi connectivity index (χ0n) is 10.3. The third-order valence-electron chi connectivity index (χ3n) is 3.35. The van der Waals surface area contributed by atoms with E-state index in [2.05, 4.69) is 35.2 Å². The van der Waals surface area contributed by atoms with Gasteiger partial charge < -0.3 is 10.5 Å². The van der Waals surface area contributed by atoms with Gasteiger partial charge in [-0.2, -0.15) is 0 Å². The van der Waals surface area contributed by atoms with Gasteiger partial charge in [0.1, 0.15) is 0 Å². The fourth-order valence-corrected chi connectivity index (χ4v) is 2.42. The molecule has 1 aromatic rings. The molecule has 94 valence electrons. The summed E-state index contributed by atoms with van der Waals surface area (Å²) in [4.78, 5) is 2.50. The average Bonchev–Trinajstić information content (AvgIpc) is 2.40. The predicted molar refractivity (Wildman–Crippen MR) is 69.7 cm³/mol. The molecule has 0 aliphatic carbocycles. The number of hydrogen-bond acceptors (Lipinski definition) is 3. The third-order valence-corrected chi connectivity index (χ3v) is 3.35. The molecule has 0 radical (unpaired) electrons. The minimum atomic E-state index is 0.632. The highest BCUT2D eigenvalue weighted by atomic mass is 16.5. The molecule has 2 N–H and O–H groups in total. The van der Waals surface area contributed by atoms with Crippen LogP contribution in [-0.2, 0) is 11.3 Å². The van der Waals surface area contributed by atoms with Gasteiger partial charge in [0.05, 0.1) is 0 Å². The van der Waals surface area contributed by atoms with E-state index in [1.165, 1.54) is 5.56 Å². The number of nitrogens with two attached hydrogens (primary N) is 1. The Morgan fingerprint density at radius 2 is 1.88 bits per heavy atom. The second-order valence-corrected chi connectivity index (χ2v) is 4.59. The van der Waals surface area contributed by atoms with Gasteiger partial charge in [0.15, 0.2) is 0 Å². The summed E-state index contributed by atoms with van der Waals surface area (Å²) in [7, 11) is 0. The van der Waals surface area contributed by atoms with Crippen LogP contribution in [0, 0.1) is 0 Å². The molecule has 1 aromatic carbocycles. The average molecular weight is 234 g/mol. The van der Waals surface area contributed by atoms with E-state index in [-0.39, 0.29) is 0 Å². The van der Waals surface area contributed by atoms with E-state index in [9.17, 15) is 0 Å². The minimum absolute atomic E-state index is 0.632. The van der Waals surface area contributed by atoms with Crippen LogP contribution in [0.15, 0.2) is 30.3 Å². The molecule has 0 bridgehead atoms. The van der Waals surface area contributed by atoms with Gasteiger partial charge in [-0.05, 0) is 18.4 Å². The Bertz CT molecular complexity index is 309. The smallest absolute Gasteiger partial charge is 0.0480 e. The van der Waals surface area contributed by atoms with Gasteiger partial charge >= 0.3 is 0 Å². The van der Waals surface area contributed by atoms with Gasteiger partial charge in [-0.3, -0.25) is 4.90 Å². The first-order chi connectivity index (χ1) is 8.40. The Hall–Kier alpha value is -0.900. The van der Waals surface area contributed by atoms with Crippen LogP contribution < -0.4 is 5.73 Å². The first-order valence-electron chi connectivity index (χ1n) is 6.46. The first-order valence-corrected chi connectivity index (χ1v) is 6.46. The summed E-state index contributed by atoms with van der Waals surface area (Å²) < 4.78 is 5.42. The predicted octanol–water partition coefficient (Wildman–Crippen LogP) is 1.63. The maximum absolute atomic E-state index is 5.72. The van der Waals surface area contributed by atoms with Crippen LogP contribution in [0.4, 0.5) is 0 Å². The molecule has 1 aliphatic heterocycles. The lowest BCUT2D eigenvalue weighted by molar-refractivity contribution is 0.0321. The zero-order chi connectivity index (χ0) is 11.9. The first kappa shape index (κ1) is 12.6. The van der Waals surface area contributed by atoms with Gasteiger partial charge in [-0.25, -0.2) is 0 Å². The Morgan fingerprint density at radius 1 is 1.18 bits per heavy atom. The molecule has 0 unspecified atom stereocenters. The van der Waals surface area contributed by atoms with Crippen LogP contribution in [0.25, 0.3) is 0 Å². The molecular weight excluding hydrogens is 212 g/mol. The minimum Gasteiger partial charge on any atom is -0.381 e. The molecule has 3 nitrogen and oxygen atoms in total. The summed E-state index contributed by atoms with van der Waals surface area (Å²) in [6, 6.07) is 11.3. The lowest BCUT2D eigenvalue weighted by atomic mass is 10.1. The van der Waals surface area contributed by atoms with Gasteiger partial charge in [-0.15, -0.1) is 0 Å². The van der Waals surface area contributed by atoms with Crippen LogP contribution >= 0.6 is 0 Å². The largest absolute Gasteiger partial charge is 0.381 e. The van der Waals surface area contributed by atoms with E-state index < -0.39 is 0 Å². The van der Waals surface area contributed by atoms with Crippen molar-refractivity contribution in [2.24, 2.45) is 5.73 Å². The Balaban J connectivity index is 1.96.